The van der Waals surface area contributed by atoms with Crippen LogP contribution in [0.4, 0.5) is 5.69 Å². The monoisotopic (exact) mass is 297 g/mol. The number of thioether (sulfide) groups is 1. The van der Waals surface area contributed by atoms with E-state index in [0.717, 1.165) is 11.4 Å². The fourth-order valence-electron chi connectivity index (χ4n) is 1.47. The Morgan fingerprint density at radius 1 is 1.25 bits per heavy atom. The highest BCUT2D eigenvalue weighted by molar-refractivity contribution is 8.00. The van der Waals surface area contributed by atoms with Crippen LogP contribution in [0.15, 0.2) is 24.3 Å². The number of carbonyl (C=O) groups excluding carboxylic acids is 2. The lowest BCUT2D eigenvalue weighted by Gasteiger charge is -2.09. The smallest absolute Gasteiger partial charge is 0.309 e. The zero-order valence-corrected chi connectivity index (χ0v) is 12.7. The standard InChI is InChI=1S/C14H19NO4S/c1-10(14(17)19-3)8-20-9-13(16)15-11-4-6-12(18-2)7-5-11/h4-7,10H,8-9H2,1-3H3,(H,15,16). The molecule has 1 aromatic carbocycles. The number of ether oxygens (including phenoxy) is 2. The van der Waals surface area contributed by atoms with Gasteiger partial charge in [0.1, 0.15) is 5.75 Å². The van der Waals surface area contributed by atoms with Gasteiger partial charge in [-0.15, -0.1) is 0 Å². The van der Waals surface area contributed by atoms with Gasteiger partial charge in [0.2, 0.25) is 5.91 Å². The number of nitrogens with one attached hydrogen (secondary N) is 1. The summed E-state index contributed by atoms with van der Waals surface area (Å²) in [6, 6.07) is 7.11. The molecule has 0 radical (unpaired) electrons. The fourth-order valence-corrected chi connectivity index (χ4v) is 2.33. The first-order chi connectivity index (χ1) is 9.56. The molecule has 6 heteroatoms. The van der Waals surface area contributed by atoms with Crippen molar-refractivity contribution in [2.24, 2.45) is 5.92 Å². The van der Waals surface area contributed by atoms with Crippen molar-refractivity contribution >= 4 is 29.3 Å². The van der Waals surface area contributed by atoms with Crippen molar-refractivity contribution < 1.29 is 19.1 Å². The molecule has 1 unspecified atom stereocenters. The van der Waals surface area contributed by atoms with Crippen LogP contribution >= 0.6 is 11.8 Å². The number of benzene rings is 1. The normalized spacial score (nSPS) is 11.6. The first-order valence-corrected chi connectivity index (χ1v) is 7.31. The molecule has 1 rings (SSSR count). The summed E-state index contributed by atoms with van der Waals surface area (Å²) in [7, 11) is 2.95. The largest absolute Gasteiger partial charge is 0.497 e. The molecule has 0 aliphatic rings. The zero-order valence-electron chi connectivity index (χ0n) is 11.8. The second-order valence-electron chi connectivity index (χ2n) is 4.22. The topological polar surface area (TPSA) is 64.6 Å². The average Bonchev–Trinajstić information content (AvgIpc) is 2.47. The molecule has 5 nitrogen and oxygen atoms in total. The van der Waals surface area contributed by atoms with Gasteiger partial charge in [-0.2, -0.15) is 11.8 Å². The van der Waals surface area contributed by atoms with Gasteiger partial charge in [0, 0.05) is 11.4 Å². The number of anilines is 1. The summed E-state index contributed by atoms with van der Waals surface area (Å²) in [4.78, 5) is 22.9. The molecule has 110 valence electrons. The van der Waals surface area contributed by atoms with Crippen molar-refractivity contribution in [2.45, 2.75) is 6.92 Å². The van der Waals surface area contributed by atoms with E-state index in [2.05, 4.69) is 10.1 Å². The van der Waals surface area contributed by atoms with E-state index in [1.807, 2.05) is 0 Å². The van der Waals surface area contributed by atoms with Crippen LogP contribution in [0.2, 0.25) is 0 Å². The molecule has 0 spiro atoms. The molecule has 20 heavy (non-hydrogen) atoms. The minimum atomic E-state index is -0.256. The fraction of sp³-hybridized carbons (Fsp3) is 0.429. The molecule has 1 atom stereocenters. The first-order valence-electron chi connectivity index (χ1n) is 6.16. The van der Waals surface area contributed by atoms with Crippen LogP contribution in [-0.2, 0) is 14.3 Å². The summed E-state index contributed by atoms with van der Waals surface area (Å²) in [6.07, 6.45) is 0. The maximum atomic E-state index is 11.7. The van der Waals surface area contributed by atoms with Crippen LogP contribution in [0.25, 0.3) is 0 Å². The minimum Gasteiger partial charge on any atom is -0.497 e. The number of carbonyl (C=O) groups is 2. The van der Waals surface area contributed by atoms with Gasteiger partial charge in [-0.3, -0.25) is 9.59 Å². The van der Waals surface area contributed by atoms with E-state index < -0.39 is 0 Å². The van der Waals surface area contributed by atoms with Gasteiger partial charge in [-0.25, -0.2) is 0 Å². The summed E-state index contributed by atoms with van der Waals surface area (Å²) >= 11 is 1.40. The van der Waals surface area contributed by atoms with Gasteiger partial charge in [-0.1, -0.05) is 6.92 Å². The number of hydrogen-bond donors (Lipinski definition) is 1. The lowest BCUT2D eigenvalue weighted by atomic mass is 10.2. The Hall–Kier alpha value is -1.69. The zero-order chi connectivity index (χ0) is 15.0. The third kappa shape index (κ3) is 5.52. The average molecular weight is 297 g/mol. The molecular formula is C14H19NO4S. The van der Waals surface area contributed by atoms with E-state index in [0.29, 0.717) is 11.5 Å². The Bertz CT molecular complexity index is 447. The maximum Gasteiger partial charge on any atom is 0.309 e. The van der Waals surface area contributed by atoms with Gasteiger partial charge >= 0.3 is 5.97 Å². The number of rotatable bonds is 7. The highest BCUT2D eigenvalue weighted by Gasteiger charge is 2.13. The van der Waals surface area contributed by atoms with Gasteiger partial charge in [-0.05, 0) is 24.3 Å². The van der Waals surface area contributed by atoms with Gasteiger partial charge in [0.15, 0.2) is 0 Å². The molecule has 0 saturated heterocycles. The van der Waals surface area contributed by atoms with Crippen LogP contribution in [-0.4, -0.2) is 37.6 Å². The summed E-state index contributed by atoms with van der Waals surface area (Å²) in [6.45, 7) is 1.78. The number of esters is 1. The van der Waals surface area contributed by atoms with Crippen molar-refractivity contribution in [3.63, 3.8) is 0 Å². The Morgan fingerprint density at radius 3 is 2.45 bits per heavy atom. The number of methoxy groups -OCH3 is 2. The van der Waals surface area contributed by atoms with Gasteiger partial charge in [0.05, 0.1) is 25.9 Å². The molecule has 1 amide bonds. The highest BCUT2D eigenvalue weighted by Crippen LogP contribution is 2.16. The maximum absolute atomic E-state index is 11.7. The van der Waals surface area contributed by atoms with Crippen molar-refractivity contribution in [3.8, 4) is 5.75 Å². The predicted octanol–water partition coefficient (Wildman–Crippen LogP) is 2.18. The molecule has 1 N–H and O–H groups in total. The quantitative estimate of drug-likeness (QED) is 0.781. The molecule has 0 heterocycles. The molecule has 0 aliphatic carbocycles. The van der Waals surface area contributed by atoms with E-state index in [1.54, 1.807) is 38.3 Å². The Balaban J connectivity index is 2.31. The van der Waals surface area contributed by atoms with Crippen LogP contribution < -0.4 is 10.1 Å². The van der Waals surface area contributed by atoms with E-state index in [1.165, 1.54) is 18.9 Å². The summed E-state index contributed by atoms with van der Waals surface area (Å²) in [5, 5.41) is 2.78. The number of hydrogen-bond acceptors (Lipinski definition) is 5. The van der Waals surface area contributed by atoms with E-state index >= 15 is 0 Å². The summed E-state index contributed by atoms with van der Waals surface area (Å²) in [5.41, 5.74) is 0.720. The minimum absolute atomic E-state index is 0.0998. The molecule has 0 aliphatic heterocycles. The van der Waals surface area contributed by atoms with E-state index in [9.17, 15) is 9.59 Å². The molecular weight excluding hydrogens is 278 g/mol. The van der Waals surface area contributed by atoms with Crippen LogP contribution in [0.3, 0.4) is 0 Å². The van der Waals surface area contributed by atoms with Crippen molar-refractivity contribution in [2.75, 3.05) is 31.0 Å². The predicted molar refractivity (Wildman–Crippen MR) is 80.1 cm³/mol. The third-order valence-electron chi connectivity index (χ3n) is 2.58. The highest BCUT2D eigenvalue weighted by atomic mass is 32.2. The third-order valence-corrected chi connectivity index (χ3v) is 3.78. The van der Waals surface area contributed by atoms with E-state index in [4.69, 9.17) is 4.74 Å². The van der Waals surface area contributed by atoms with E-state index in [-0.39, 0.29) is 17.8 Å². The number of amides is 1. The lowest BCUT2D eigenvalue weighted by Crippen LogP contribution is -2.18. The van der Waals surface area contributed by atoms with Crippen molar-refractivity contribution in [1.82, 2.24) is 0 Å². The van der Waals surface area contributed by atoms with Crippen molar-refractivity contribution in [3.05, 3.63) is 24.3 Å². The van der Waals surface area contributed by atoms with Crippen LogP contribution in [0.1, 0.15) is 6.92 Å². The Labute approximate surface area is 123 Å². The van der Waals surface area contributed by atoms with Gasteiger partial charge < -0.3 is 14.8 Å². The second-order valence-corrected chi connectivity index (χ2v) is 5.25. The Kier molecular flexibility index (Phi) is 6.93. The molecule has 1 aromatic rings. The molecule has 0 fully saturated rings. The first kappa shape index (κ1) is 16.4. The van der Waals surface area contributed by atoms with Gasteiger partial charge in [0.25, 0.3) is 0 Å². The SMILES string of the molecule is COC(=O)C(C)CSCC(=O)Nc1ccc(OC)cc1. The second kappa shape index (κ2) is 8.47. The van der Waals surface area contributed by atoms with Crippen LogP contribution in [0, 0.1) is 5.92 Å². The summed E-state index contributed by atoms with van der Waals surface area (Å²) < 4.78 is 9.66. The lowest BCUT2D eigenvalue weighted by molar-refractivity contribution is -0.144. The van der Waals surface area contributed by atoms with Crippen LogP contribution in [0.5, 0.6) is 5.75 Å². The van der Waals surface area contributed by atoms with Crippen molar-refractivity contribution in [1.29, 1.82) is 0 Å². The summed E-state index contributed by atoms with van der Waals surface area (Å²) in [5.74, 6) is 1.03. The Morgan fingerprint density at radius 2 is 1.90 bits per heavy atom. The molecule has 0 saturated carbocycles. The molecule has 0 bridgehead atoms. The molecule has 0 aromatic heterocycles.